The number of nitro benzene ring substituents is 1. The minimum atomic E-state index is -0.831. The minimum Gasteiger partial charge on any atom is -0.324 e. The summed E-state index contributed by atoms with van der Waals surface area (Å²) in [6, 6.07) is 10.3. The first kappa shape index (κ1) is 21.7. The molecular formula is C22H17ClN4O4S. The molecule has 4 aromatic rings. The second-order valence-corrected chi connectivity index (χ2v) is 8.43. The number of aromatic nitrogens is 2. The summed E-state index contributed by atoms with van der Waals surface area (Å²) in [5.74, 6) is -0.384. The highest BCUT2D eigenvalue weighted by Gasteiger charge is 2.21. The maximum Gasteiger partial charge on any atom is 0.269 e. The number of rotatable bonds is 5. The van der Waals surface area contributed by atoms with Crippen LogP contribution in [0.4, 0.5) is 11.4 Å². The van der Waals surface area contributed by atoms with Crippen LogP contribution in [0.1, 0.15) is 18.5 Å². The second-order valence-electron chi connectivity index (χ2n) is 7.17. The third-order valence-corrected chi connectivity index (χ3v) is 6.53. The van der Waals surface area contributed by atoms with E-state index in [0.717, 1.165) is 5.56 Å². The highest BCUT2D eigenvalue weighted by atomic mass is 35.5. The van der Waals surface area contributed by atoms with Crippen LogP contribution in [0.3, 0.4) is 0 Å². The van der Waals surface area contributed by atoms with Gasteiger partial charge < -0.3 is 5.32 Å². The number of nitrogens with zero attached hydrogens (tertiary/aromatic N) is 3. The zero-order valence-electron chi connectivity index (χ0n) is 17.0. The summed E-state index contributed by atoms with van der Waals surface area (Å²) in [4.78, 5) is 41.5. The molecule has 0 spiro atoms. The number of nitro groups is 1. The first-order valence-corrected chi connectivity index (χ1v) is 10.8. The van der Waals surface area contributed by atoms with Crippen molar-refractivity contribution in [1.82, 2.24) is 9.55 Å². The number of anilines is 1. The molecule has 32 heavy (non-hydrogen) atoms. The summed E-state index contributed by atoms with van der Waals surface area (Å²) in [7, 11) is 0. The first-order valence-electron chi connectivity index (χ1n) is 9.57. The molecule has 10 heteroatoms. The van der Waals surface area contributed by atoms with E-state index in [9.17, 15) is 19.7 Å². The lowest BCUT2D eigenvalue weighted by molar-refractivity contribution is -0.384. The number of carbonyl (C=O) groups excluding carboxylic acids is 1. The Hall–Kier alpha value is -3.56. The molecule has 0 aliphatic heterocycles. The molecule has 2 heterocycles. The maximum absolute atomic E-state index is 13.3. The Balaban J connectivity index is 1.71. The van der Waals surface area contributed by atoms with Crippen LogP contribution in [0.15, 0.2) is 59.0 Å². The Labute approximate surface area is 191 Å². The van der Waals surface area contributed by atoms with Crippen molar-refractivity contribution >= 4 is 50.4 Å². The lowest BCUT2D eigenvalue weighted by Gasteiger charge is -2.16. The van der Waals surface area contributed by atoms with E-state index in [1.54, 1.807) is 49.6 Å². The third-order valence-electron chi connectivity index (χ3n) is 5.23. The molecule has 0 saturated heterocycles. The molecule has 1 atom stereocenters. The summed E-state index contributed by atoms with van der Waals surface area (Å²) in [5.41, 5.74) is 2.17. The molecule has 1 amide bonds. The van der Waals surface area contributed by atoms with E-state index in [2.05, 4.69) is 10.3 Å². The van der Waals surface area contributed by atoms with E-state index in [1.807, 2.05) is 0 Å². The van der Waals surface area contributed by atoms with E-state index >= 15 is 0 Å². The Morgan fingerprint density at radius 1 is 1.25 bits per heavy atom. The van der Waals surface area contributed by atoms with Gasteiger partial charge in [-0.05, 0) is 49.2 Å². The van der Waals surface area contributed by atoms with Crippen LogP contribution in [0, 0.1) is 17.0 Å². The van der Waals surface area contributed by atoms with Gasteiger partial charge in [-0.2, -0.15) is 0 Å². The number of hydrogen-bond donors (Lipinski definition) is 1. The van der Waals surface area contributed by atoms with Gasteiger partial charge in [-0.3, -0.25) is 24.3 Å². The maximum atomic E-state index is 13.3. The van der Waals surface area contributed by atoms with Gasteiger partial charge in [-0.15, -0.1) is 11.3 Å². The number of carbonyl (C=O) groups is 1. The first-order chi connectivity index (χ1) is 15.3. The molecule has 1 unspecified atom stereocenters. The lowest BCUT2D eigenvalue weighted by atomic mass is 10.1. The summed E-state index contributed by atoms with van der Waals surface area (Å²) < 4.78 is 1.28. The highest BCUT2D eigenvalue weighted by molar-refractivity contribution is 7.17. The standard InChI is InChI=1S/C22H17ClN4O4S/c1-12-17(23)4-3-5-18(12)25-20(28)13(2)26-11-24-21-19(22(26)29)16(10-32-21)14-6-8-15(9-7-14)27(30)31/h3-11,13H,1-2H3,(H,25,28). The molecule has 2 aromatic carbocycles. The van der Waals surface area contributed by atoms with Gasteiger partial charge in [0.25, 0.3) is 11.2 Å². The van der Waals surface area contributed by atoms with Crippen molar-refractivity contribution in [2.45, 2.75) is 19.9 Å². The smallest absolute Gasteiger partial charge is 0.269 e. The Morgan fingerprint density at radius 3 is 2.66 bits per heavy atom. The molecule has 8 nitrogen and oxygen atoms in total. The van der Waals surface area contributed by atoms with Crippen molar-refractivity contribution in [3.05, 3.63) is 85.2 Å². The monoisotopic (exact) mass is 468 g/mol. The van der Waals surface area contributed by atoms with Gasteiger partial charge in [0.05, 0.1) is 16.6 Å². The van der Waals surface area contributed by atoms with Crippen LogP contribution in [-0.2, 0) is 4.79 Å². The SMILES string of the molecule is Cc1c(Cl)cccc1NC(=O)C(C)n1cnc2scc(-c3ccc([N+](=O)[O-])cc3)c2c1=O. The molecule has 0 bridgehead atoms. The molecule has 2 aromatic heterocycles. The Morgan fingerprint density at radius 2 is 1.97 bits per heavy atom. The number of fused-ring (bicyclic) bond motifs is 1. The van der Waals surface area contributed by atoms with Crippen molar-refractivity contribution in [2.75, 3.05) is 5.32 Å². The molecule has 0 aliphatic carbocycles. The predicted octanol–water partition coefficient (Wildman–Crippen LogP) is 5.19. The Bertz CT molecular complexity index is 1410. The van der Waals surface area contributed by atoms with E-state index in [-0.39, 0.29) is 17.2 Å². The van der Waals surface area contributed by atoms with Crippen molar-refractivity contribution in [2.24, 2.45) is 0 Å². The number of nitrogens with one attached hydrogen (secondary N) is 1. The Kier molecular flexibility index (Phi) is 5.77. The molecule has 0 aliphatic rings. The lowest BCUT2D eigenvalue weighted by Crippen LogP contribution is -2.31. The van der Waals surface area contributed by atoms with Crippen LogP contribution in [0.25, 0.3) is 21.3 Å². The average molecular weight is 469 g/mol. The van der Waals surface area contributed by atoms with E-state index in [4.69, 9.17) is 11.6 Å². The normalized spacial score (nSPS) is 12.0. The van der Waals surface area contributed by atoms with Crippen LogP contribution in [-0.4, -0.2) is 20.4 Å². The zero-order chi connectivity index (χ0) is 23.0. The van der Waals surface area contributed by atoms with Crippen molar-refractivity contribution < 1.29 is 9.72 Å². The summed E-state index contributed by atoms with van der Waals surface area (Å²) in [6.07, 6.45) is 1.36. The number of hydrogen-bond acceptors (Lipinski definition) is 6. The fraction of sp³-hybridized carbons (Fsp3) is 0.136. The summed E-state index contributed by atoms with van der Waals surface area (Å²) in [6.45, 7) is 3.41. The molecule has 4 rings (SSSR count). The zero-order valence-corrected chi connectivity index (χ0v) is 18.6. The van der Waals surface area contributed by atoms with Crippen molar-refractivity contribution in [3.63, 3.8) is 0 Å². The van der Waals surface area contributed by atoms with Gasteiger partial charge in [0.1, 0.15) is 10.9 Å². The number of benzene rings is 2. The molecule has 162 valence electrons. The van der Waals surface area contributed by atoms with E-state index in [0.29, 0.717) is 32.1 Å². The van der Waals surface area contributed by atoms with E-state index < -0.39 is 11.0 Å². The van der Waals surface area contributed by atoms with Crippen molar-refractivity contribution in [1.29, 1.82) is 0 Å². The average Bonchev–Trinajstić information content (AvgIpc) is 3.22. The van der Waals surface area contributed by atoms with Crippen LogP contribution < -0.4 is 10.9 Å². The topological polar surface area (TPSA) is 107 Å². The molecule has 0 saturated carbocycles. The third kappa shape index (κ3) is 3.88. The molecular weight excluding hydrogens is 452 g/mol. The molecule has 1 N–H and O–H groups in total. The van der Waals surface area contributed by atoms with Crippen molar-refractivity contribution in [3.8, 4) is 11.1 Å². The van der Waals surface area contributed by atoms with Gasteiger partial charge in [0.15, 0.2) is 0 Å². The fourth-order valence-electron chi connectivity index (χ4n) is 3.30. The second kappa shape index (κ2) is 8.52. The van der Waals surface area contributed by atoms with Gasteiger partial charge in [0, 0.05) is 33.8 Å². The number of amides is 1. The quantitative estimate of drug-likeness (QED) is 0.320. The highest BCUT2D eigenvalue weighted by Crippen LogP contribution is 2.32. The largest absolute Gasteiger partial charge is 0.324 e. The number of non-ortho nitro benzene ring substituents is 1. The van der Waals surface area contributed by atoms with E-state index in [1.165, 1.54) is 34.4 Å². The fourth-order valence-corrected chi connectivity index (χ4v) is 4.38. The van der Waals surface area contributed by atoms with Gasteiger partial charge in [-0.1, -0.05) is 17.7 Å². The van der Waals surface area contributed by atoms with Gasteiger partial charge in [0.2, 0.25) is 5.91 Å². The molecule has 0 radical (unpaired) electrons. The summed E-state index contributed by atoms with van der Waals surface area (Å²) in [5, 5.41) is 16.4. The van der Waals surface area contributed by atoms with Gasteiger partial charge in [-0.25, -0.2) is 4.98 Å². The number of thiophene rings is 1. The minimum absolute atomic E-state index is 0.0366. The molecule has 0 fully saturated rings. The van der Waals surface area contributed by atoms with Crippen LogP contribution in [0.2, 0.25) is 5.02 Å². The van der Waals surface area contributed by atoms with Crippen LogP contribution in [0.5, 0.6) is 0 Å². The predicted molar refractivity (Wildman–Crippen MR) is 126 cm³/mol. The van der Waals surface area contributed by atoms with Gasteiger partial charge >= 0.3 is 0 Å². The summed E-state index contributed by atoms with van der Waals surface area (Å²) >= 11 is 7.42. The number of halogens is 1. The van der Waals surface area contributed by atoms with Crippen LogP contribution >= 0.6 is 22.9 Å².